The fourth-order valence-electron chi connectivity index (χ4n) is 4.29. The predicted octanol–water partition coefficient (Wildman–Crippen LogP) is 9.84. The van der Waals surface area contributed by atoms with Crippen molar-refractivity contribution in [1.82, 2.24) is 0 Å². The molecule has 2 aromatic carbocycles. The van der Waals surface area contributed by atoms with E-state index in [0.717, 1.165) is 19.3 Å². The highest BCUT2D eigenvalue weighted by atomic mass is 79.9. The van der Waals surface area contributed by atoms with E-state index in [9.17, 15) is 14.7 Å². The molecule has 0 aromatic heterocycles. The molecule has 194 valence electrons. The van der Waals surface area contributed by atoms with Gasteiger partial charge in [-0.15, -0.1) is 0 Å². The summed E-state index contributed by atoms with van der Waals surface area (Å²) in [5.74, 6) is -0.154. The maximum Gasteiger partial charge on any atom is 0.338 e. The normalized spacial score (nSPS) is 11.4. The standard InChI is InChI=1S/C28H24Br4O5/c1-2-3-4-5-6-9-12-36-28(35)16-11-8-7-10-15(16)21-17-13-19(29)24(33)22(31)26(17)37-27-18(21)14-20(30)25(34)23(27)32/h7-8,10-11,13-14,33H,2-6,9,12H2,1H3. The van der Waals surface area contributed by atoms with Gasteiger partial charge in [0.2, 0.25) is 5.43 Å². The average Bonchev–Trinajstić information content (AvgIpc) is 2.89. The van der Waals surface area contributed by atoms with Crippen LogP contribution in [0.3, 0.4) is 0 Å². The first-order chi connectivity index (χ1) is 17.8. The van der Waals surface area contributed by atoms with Gasteiger partial charge in [-0.25, -0.2) is 4.79 Å². The molecule has 2 aromatic rings. The van der Waals surface area contributed by atoms with Gasteiger partial charge >= 0.3 is 5.97 Å². The molecule has 9 heteroatoms. The third-order valence-corrected chi connectivity index (χ3v) is 8.82. The minimum absolute atomic E-state index is 0.0382. The Morgan fingerprint density at radius 2 is 1.62 bits per heavy atom. The number of fused-ring (bicyclic) bond motifs is 2. The molecule has 0 spiro atoms. The van der Waals surface area contributed by atoms with Crippen LogP contribution in [0.2, 0.25) is 0 Å². The van der Waals surface area contributed by atoms with Crippen LogP contribution in [0.5, 0.6) is 5.75 Å². The van der Waals surface area contributed by atoms with Crippen LogP contribution in [-0.4, -0.2) is 17.7 Å². The molecular weight excluding hydrogens is 736 g/mol. The summed E-state index contributed by atoms with van der Waals surface area (Å²) >= 11 is 13.6. The molecule has 1 aliphatic heterocycles. The van der Waals surface area contributed by atoms with Gasteiger partial charge in [0.1, 0.15) is 14.7 Å². The summed E-state index contributed by atoms with van der Waals surface area (Å²) in [4.78, 5) is 25.9. The Hall–Kier alpha value is -1.68. The SMILES string of the molecule is CCCCCCCCOC(=O)c1ccccc1-c1c2cc(Br)c(=O)c(Br)c-2oc2c(Br)c(O)c(Br)cc12. The number of benzene rings is 3. The lowest BCUT2D eigenvalue weighted by atomic mass is 9.91. The van der Waals surface area contributed by atoms with E-state index in [1.807, 2.05) is 12.1 Å². The number of hydrogen-bond acceptors (Lipinski definition) is 5. The van der Waals surface area contributed by atoms with Gasteiger partial charge in [0.05, 0.1) is 21.1 Å². The molecule has 1 aliphatic carbocycles. The summed E-state index contributed by atoms with van der Waals surface area (Å²) in [6, 6.07) is 10.6. The first-order valence-corrected chi connectivity index (χ1v) is 15.1. The number of hydrogen-bond donors (Lipinski definition) is 1. The van der Waals surface area contributed by atoms with E-state index in [0.29, 0.717) is 59.0 Å². The number of ether oxygens (including phenoxy) is 1. The van der Waals surface area contributed by atoms with Crippen molar-refractivity contribution in [2.45, 2.75) is 45.4 Å². The van der Waals surface area contributed by atoms with E-state index < -0.39 is 5.97 Å². The molecule has 4 rings (SSSR count). The summed E-state index contributed by atoms with van der Waals surface area (Å²) in [6.07, 6.45) is 6.59. The fraction of sp³-hybridized carbons (Fsp3) is 0.286. The Kier molecular flexibility index (Phi) is 9.53. The summed E-state index contributed by atoms with van der Waals surface area (Å²) < 4.78 is 13.2. The highest BCUT2D eigenvalue weighted by Gasteiger charge is 2.27. The Labute approximate surface area is 248 Å². The van der Waals surface area contributed by atoms with Crippen LogP contribution >= 0.6 is 63.7 Å². The maximum atomic E-state index is 13.2. The Morgan fingerprint density at radius 3 is 2.38 bits per heavy atom. The minimum Gasteiger partial charge on any atom is -0.505 e. The second-order valence-corrected chi connectivity index (χ2v) is 12.0. The smallest absolute Gasteiger partial charge is 0.338 e. The number of aromatic hydroxyl groups is 1. The van der Waals surface area contributed by atoms with Gasteiger partial charge < -0.3 is 14.3 Å². The topological polar surface area (TPSA) is 76.7 Å². The molecule has 0 amide bonds. The van der Waals surface area contributed by atoms with E-state index in [1.54, 1.807) is 24.3 Å². The van der Waals surface area contributed by atoms with Crippen LogP contribution < -0.4 is 5.43 Å². The molecule has 0 radical (unpaired) electrons. The predicted molar refractivity (Wildman–Crippen MR) is 161 cm³/mol. The van der Waals surface area contributed by atoms with Crippen molar-refractivity contribution in [3.8, 4) is 28.2 Å². The zero-order valence-electron chi connectivity index (χ0n) is 20.0. The van der Waals surface area contributed by atoms with Crippen molar-refractivity contribution < 1.29 is 19.1 Å². The van der Waals surface area contributed by atoms with Gasteiger partial charge in [-0.2, -0.15) is 0 Å². The molecule has 0 fully saturated rings. The molecule has 0 saturated heterocycles. The van der Waals surface area contributed by atoms with Crippen LogP contribution in [0.1, 0.15) is 55.8 Å². The second-order valence-electron chi connectivity index (χ2n) is 8.70. The summed E-state index contributed by atoms with van der Waals surface area (Å²) in [6.45, 7) is 2.54. The van der Waals surface area contributed by atoms with Crippen molar-refractivity contribution in [2.24, 2.45) is 0 Å². The van der Waals surface area contributed by atoms with Gasteiger partial charge in [-0.1, -0.05) is 57.2 Å². The van der Waals surface area contributed by atoms with E-state index in [2.05, 4.69) is 70.6 Å². The Bertz CT molecular complexity index is 1490. The highest BCUT2D eigenvalue weighted by molar-refractivity contribution is 9.11. The van der Waals surface area contributed by atoms with Crippen molar-refractivity contribution >= 4 is 80.7 Å². The van der Waals surface area contributed by atoms with Gasteiger partial charge in [-0.05, 0) is 93.9 Å². The average molecular weight is 760 g/mol. The van der Waals surface area contributed by atoms with Gasteiger partial charge in [0.15, 0.2) is 11.3 Å². The van der Waals surface area contributed by atoms with Crippen molar-refractivity contribution in [2.75, 3.05) is 6.61 Å². The summed E-state index contributed by atoms with van der Waals surface area (Å²) in [5.41, 5.74) is 2.38. The highest BCUT2D eigenvalue weighted by Crippen LogP contribution is 2.49. The van der Waals surface area contributed by atoms with Crippen LogP contribution in [0.15, 0.2) is 63.5 Å². The number of rotatable bonds is 9. The molecule has 2 aliphatic rings. The number of esters is 1. The first-order valence-electron chi connectivity index (χ1n) is 12.0. The van der Waals surface area contributed by atoms with E-state index in [4.69, 9.17) is 9.15 Å². The molecule has 0 atom stereocenters. The van der Waals surface area contributed by atoms with Gasteiger partial charge in [-0.3, -0.25) is 4.79 Å². The quantitative estimate of drug-likeness (QED) is 0.105. The molecule has 0 saturated carbocycles. The Balaban J connectivity index is 1.84. The number of phenols is 1. The lowest BCUT2D eigenvalue weighted by molar-refractivity contribution is 0.0498. The molecule has 1 N–H and O–H groups in total. The van der Waals surface area contributed by atoms with Crippen LogP contribution in [0, 0.1) is 0 Å². The minimum atomic E-state index is -0.415. The number of carbonyl (C=O) groups is 1. The second kappa shape index (κ2) is 12.5. The molecule has 1 heterocycles. The van der Waals surface area contributed by atoms with Crippen molar-refractivity contribution in [3.05, 3.63) is 70.1 Å². The maximum absolute atomic E-state index is 13.2. The molecule has 5 nitrogen and oxygen atoms in total. The van der Waals surface area contributed by atoms with E-state index in [-0.39, 0.29) is 15.7 Å². The molecule has 37 heavy (non-hydrogen) atoms. The summed E-state index contributed by atoms with van der Waals surface area (Å²) in [7, 11) is 0. The lowest BCUT2D eigenvalue weighted by Crippen LogP contribution is -2.10. The largest absolute Gasteiger partial charge is 0.505 e. The molecule has 0 bridgehead atoms. The van der Waals surface area contributed by atoms with Crippen LogP contribution in [0.4, 0.5) is 0 Å². The lowest BCUT2D eigenvalue weighted by Gasteiger charge is -2.19. The van der Waals surface area contributed by atoms with E-state index in [1.165, 1.54) is 19.3 Å². The zero-order chi connectivity index (χ0) is 26.7. The number of unbranched alkanes of at least 4 members (excludes halogenated alkanes) is 5. The third-order valence-electron chi connectivity index (χ3n) is 6.17. The zero-order valence-corrected chi connectivity index (χ0v) is 26.3. The van der Waals surface area contributed by atoms with Gasteiger partial charge in [0, 0.05) is 16.5 Å². The molecular formula is C28H24Br4O5. The van der Waals surface area contributed by atoms with E-state index >= 15 is 0 Å². The third kappa shape index (κ3) is 5.84. The summed E-state index contributed by atoms with van der Waals surface area (Å²) in [5, 5.41) is 11.2. The fourth-order valence-corrected chi connectivity index (χ4v) is 6.69. The number of phenolic OH excluding ortho intramolecular Hbond substituents is 1. The van der Waals surface area contributed by atoms with Crippen LogP contribution in [-0.2, 0) is 4.74 Å². The first kappa shape index (κ1) is 28.3. The van der Waals surface area contributed by atoms with Crippen molar-refractivity contribution in [1.29, 1.82) is 0 Å². The van der Waals surface area contributed by atoms with Crippen molar-refractivity contribution in [3.63, 3.8) is 0 Å². The van der Waals surface area contributed by atoms with Gasteiger partial charge in [0.25, 0.3) is 0 Å². The Morgan fingerprint density at radius 1 is 0.919 bits per heavy atom. The van der Waals surface area contributed by atoms with Crippen LogP contribution in [0.25, 0.3) is 33.4 Å². The number of carbonyl (C=O) groups excluding carboxylic acids is 1. The monoisotopic (exact) mass is 756 g/mol. The number of halogens is 4. The molecule has 0 unspecified atom stereocenters.